The molecule has 0 heterocycles. The summed E-state index contributed by atoms with van der Waals surface area (Å²) in [7, 11) is 1.75. The Morgan fingerprint density at radius 1 is 1.59 bits per heavy atom. The highest BCUT2D eigenvalue weighted by molar-refractivity contribution is 9.10. The number of halogens is 1. The summed E-state index contributed by atoms with van der Waals surface area (Å²) in [5.41, 5.74) is 1.19. The Balaban J connectivity index is 2.72. The summed E-state index contributed by atoms with van der Waals surface area (Å²) in [6.45, 7) is 2.78. The second-order valence-corrected chi connectivity index (χ2v) is 4.48. The molecule has 0 atom stereocenters. The maximum atomic E-state index is 11.6. The van der Waals surface area contributed by atoms with Gasteiger partial charge >= 0.3 is 0 Å². The van der Waals surface area contributed by atoms with E-state index < -0.39 is 0 Å². The van der Waals surface area contributed by atoms with Crippen LogP contribution in [0.4, 0.5) is 5.69 Å². The summed E-state index contributed by atoms with van der Waals surface area (Å²) in [6, 6.07) is 7.38. The van der Waals surface area contributed by atoms with Crippen molar-refractivity contribution in [3.8, 4) is 6.07 Å². The first-order valence-electron chi connectivity index (χ1n) is 5.26. The second kappa shape index (κ2) is 6.26. The van der Waals surface area contributed by atoms with Gasteiger partial charge in [-0.2, -0.15) is 5.26 Å². The Morgan fingerprint density at radius 3 is 2.88 bits per heavy atom. The van der Waals surface area contributed by atoms with E-state index >= 15 is 0 Å². The van der Waals surface area contributed by atoms with Crippen molar-refractivity contribution in [1.82, 2.24) is 4.90 Å². The number of nitriles is 1. The number of anilines is 1. The SMILES string of the molecule is CCN(C)C(=O)CNc1cc(Br)ccc1C#N. The molecular formula is C12H14BrN3O. The van der Waals surface area contributed by atoms with Crippen LogP contribution < -0.4 is 5.32 Å². The largest absolute Gasteiger partial charge is 0.375 e. The predicted octanol–water partition coefficient (Wildman–Crippen LogP) is 2.21. The molecule has 0 aromatic heterocycles. The molecule has 90 valence electrons. The topological polar surface area (TPSA) is 56.1 Å². The maximum Gasteiger partial charge on any atom is 0.241 e. The van der Waals surface area contributed by atoms with E-state index in [4.69, 9.17) is 5.26 Å². The molecule has 17 heavy (non-hydrogen) atoms. The molecule has 5 heteroatoms. The van der Waals surface area contributed by atoms with Gasteiger partial charge < -0.3 is 10.2 Å². The Labute approximate surface area is 109 Å². The van der Waals surface area contributed by atoms with Gasteiger partial charge in [-0.3, -0.25) is 4.79 Å². The summed E-state index contributed by atoms with van der Waals surface area (Å²) in [5.74, 6) is -0.00337. The first kappa shape index (κ1) is 13.5. The number of hydrogen-bond donors (Lipinski definition) is 1. The molecule has 1 aromatic carbocycles. The normalized spacial score (nSPS) is 9.53. The zero-order valence-corrected chi connectivity index (χ0v) is 11.4. The number of rotatable bonds is 4. The molecule has 1 rings (SSSR count). The highest BCUT2D eigenvalue weighted by Crippen LogP contribution is 2.20. The smallest absolute Gasteiger partial charge is 0.241 e. The van der Waals surface area contributed by atoms with Crippen LogP contribution in [0.5, 0.6) is 0 Å². The molecule has 1 amide bonds. The number of nitrogens with zero attached hydrogens (tertiary/aromatic N) is 2. The van der Waals surface area contributed by atoms with Crippen molar-refractivity contribution in [3.63, 3.8) is 0 Å². The van der Waals surface area contributed by atoms with Crippen LogP contribution in [-0.4, -0.2) is 30.9 Å². The average Bonchev–Trinajstić information content (AvgIpc) is 2.35. The van der Waals surface area contributed by atoms with Crippen molar-refractivity contribution in [1.29, 1.82) is 5.26 Å². The molecule has 0 saturated heterocycles. The van der Waals surface area contributed by atoms with Gasteiger partial charge in [0.05, 0.1) is 17.8 Å². The van der Waals surface area contributed by atoms with Crippen LogP contribution >= 0.6 is 15.9 Å². The average molecular weight is 296 g/mol. The number of carbonyl (C=O) groups excluding carboxylic acids is 1. The maximum absolute atomic E-state index is 11.6. The van der Waals surface area contributed by atoms with E-state index in [1.807, 2.05) is 6.92 Å². The predicted molar refractivity (Wildman–Crippen MR) is 70.7 cm³/mol. The summed E-state index contributed by atoms with van der Waals surface area (Å²) in [5, 5.41) is 11.9. The van der Waals surface area contributed by atoms with Crippen molar-refractivity contribution in [3.05, 3.63) is 28.2 Å². The van der Waals surface area contributed by atoms with E-state index in [0.29, 0.717) is 17.8 Å². The highest BCUT2D eigenvalue weighted by atomic mass is 79.9. The molecule has 0 bridgehead atoms. The number of hydrogen-bond acceptors (Lipinski definition) is 3. The fourth-order valence-corrected chi connectivity index (χ4v) is 1.60. The fourth-order valence-electron chi connectivity index (χ4n) is 1.24. The van der Waals surface area contributed by atoms with Gasteiger partial charge in [-0.15, -0.1) is 0 Å². The monoisotopic (exact) mass is 295 g/mol. The van der Waals surface area contributed by atoms with E-state index in [0.717, 1.165) is 4.47 Å². The molecule has 0 spiro atoms. The van der Waals surface area contributed by atoms with Gasteiger partial charge in [0.25, 0.3) is 0 Å². The van der Waals surface area contributed by atoms with Crippen LogP contribution in [0.3, 0.4) is 0 Å². The van der Waals surface area contributed by atoms with Crippen LogP contribution in [0.2, 0.25) is 0 Å². The van der Waals surface area contributed by atoms with Crippen LogP contribution in [0, 0.1) is 11.3 Å². The molecule has 0 aliphatic carbocycles. The summed E-state index contributed by atoms with van der Waals surface area (Å²) in [4.78, 5) is 13.2. The Hall–Kier alpha value is -1.54. The zero-order chi connectivity index (χ0) is 12.8. The molecule has 0 aliphatic rings. The van der Waals surface area contributed by atoms with Crippen molar-refractivity contribution in [2.24, 2.45) is 0 Å². The minimum atomic E-state index is -0.00337. The Bertz CT molecular complexity index is 454. The van der Waals surface area contributed by atoms with Crippen LogP contribution in [0.25, 0.3) is 0 Å². The zero-order valence-electron chi connectivity index (χ0n) is 9.83. The first-order chi connectivity index (χ1) is 8.08. The fraction of sp³-hybridized carbons (Fsp3) is 0.333. The van der Waals surface area contributed by atoms with Crippen LogP contribution in [0.15, 0.2) is 22.7 Å². The lowest BCUT2D eigenvalue weighted by Gasteiger charge is -2.15. The van der Waals surface area contributed by atoms with Crippen LogP contribution in [-0.2, 0) is 4.79 Å². The quantitative estimate of drug-likeness (QED) is 0.926. The molecule has 1 N–H and O–H groups in total. The lowest BCUT2D eigenvalue weighted by atomic mass is 10.2. The highest BCUT2D eigenvalue weighted by Gasteiger charge is 2.08. The third kappa shape index (κ3) is 3.75. The number of nitrogens with one attached hydrogen (secondary N) is 1. The molecule has 0 unspecified atom stereocenters. The van der Waals surface area contributed by atoms with Gasteiger partial charge in [0, 0.05) is 18.1 Å². The first-order valence-corrected chi connectivity index (χ1v) is 6.05. The van der Waals surface area contributed by atoms with Crippen molar-refractivity contribution >= 4 is 27.5 Å². The standard InChI is InChI=1S/C12H14BrN3O/c1-3-16(2)12(17)8-15-11-6-10(13)5-4-9(11)7-14/h4-6,15H,3,8H2,1-2H3. The number of amides is 1. The molecule has 1 aromatic rings. The lowest BCUT2D eigenvalue weighted by molar-refractivity contribution is -0.127. The molecular weight excluding hydrogens is 282 g/mol. The van der Waals surface area contributed by atoms with E-state index in [9.17, 15) is 4.79 Å². The minimum absolute atomic E-state index is 0.00337. The third-order valence-electron chi connectivity index (χ3n) is 2.43. The Kier molecular flexibility index (Phi) is 4.98. The van der Waals surface area contributed by atoms with E-state index in [2.05, 4.69) is 27.3 Å². The van der Waals surface area contributed by atoms with Gasteiger partial charge in [0.1, 0.15) is 6.07 Å². The van der Waals surface area contributed by atoms with Crippen molar-refractivity contribution in [2.45, 2.75) is 6.92 Å². The van der Waals surface area contributed by atoms with Crippen molar-refractivity contribution < 1.29 is 4.79 Å². The summed E-state index contributed by atoms with van der Waals surface area (Å²) < 4.78 is 0.871. The third-order valence-corrected chi connectivity index (χ3v) is 2.93. The molecule has 0 fully saturated rings. The van der Waals surface area contributed by atoms with Gasteiger partial charge in [-0.25, -0.2) is 0 Å². The summed E-state index contributed by atoms with van der Waals surface area (Å²) in [6.07, 6.45) is 0. The number of benzene rings is 1. The Morgan fingerprint density at radius 2 is 2.29 bits per heavy atom. The second-order valence-electron chi connectivity index (χ2n) is 3.56. The number of likely N-dealkylation sites (N-methyl/N-ethyl adjacent to an activating group) is 1. The van der Waals surface area contributed by atoms with Crippen molar-refractivity contribution in [2.75, 3.05) is 25.5 Å². The van der Waals surface area contributed by atoms with Gasteiger partial charge in [0.2, 0.25) is 5.91 Å². The summed E-state index contributed by atoms with van der Waals surface area (Å²) >= 11 is 3.33. The van der Waals surface area contributed by atoms with E-state index in [1.165, 1.54) is 0 Å². The molecule has 0 saturated carbocycles. The number of carbonyl (C=O) groups is 1. The van der Waals surface area contributed by atoms with E-state index in [1.54, 1.807) is 30.1 Å². The van der Waals surface area contributed by atoms with E-state index in [-0.39, 0.29) is 12.5 Å². The van der Waals surface area contributed by atoms with Crippen LogP contribution in [0.1, 0.15) is 12.5 Å². The molecule has 0 radical (unpaired) electrons. The van der Waals surface area contributed by atoms with Gasteiger partial charge in [0.15, 0.2) is 0 Å². The molecule has 0 aliphatic heterocycles. The lowest BCUT2D eigenvalue weighted by Crippen LogP contribution is -2.32. The minimum Gasteiger partial charge on any atom is -0.375 e. The molecule has 4 nitrogen and oxygen atoms in total. The van der Waals surface area contributed by atoms with Gasteiger partial charge in [-0.05, 0) is 25.1 Å². The van der Waals surface area contributed by atoms with Gasteiger partial charge in [-0.1, -0.05) is 15.9 Å².